The number of hydrogen-bond acceptors (Lipinski definition) is 3. The Morgan fingerprint density at radius 2 is 1.55 bits per heavy atom. The van der Waals surface area contributed by atoms with Crippen LogP contribution in [0.25, 0.3) is 0 Å². The van der Waals surface area contributed by atoms with E-state index in [-0.39, 0.29) is 11.0 Å². The van der Waals surface area contributed by atoms with Gasteiger partial charge in [-0.05, 0) is 11.5 Å². The van der Waals surface area contributed by atoms with Gasteiger partial charge in [0.05, 0.1) is 15.2 Å². The molecule has 0 heterocycles. The highest BCUT2D eigenvalue weighted by Crippen LogP contribution is 2.53. The average Bonchev–Trinajstić information content (AvgIpc) is 2.44. The second-order valence-electron chi connectivity index (χ2n) is 7.97. The van der Waals surface area contributed by atoms with E-state index in [2.05, 4.69) is 40.8 Å². The standard InChI is InChI=1S/C18H36O3Si/c1-8-9-10-11-12-13-14-18(15-19,16(20)21-5)22(6,7)17(2,3)4/h15H,8-14H2,1-7H3. The molecule has 3 nitrogen and oxygen atoms in total. The molecule has 0 spiro atoms. The third-order valence-electron chi connectivity index (χ3n) is 5.67. The summed E-state index contributed by atoms with van der Waals surface area (Å²) >= 11 is 0. The minimum atomic E-state index is -2.19. The van der Waals surface area contributed by atoms with Gasteiger partial charge in [0.2, 0.25) is 0 Å². The molecule has 0 aliphatic heterocycles. The number of aldehydes is 1. The molecule has 1 unspecified atom stereocenters. The predicted octanol–water partition coefficient (Wildman–Crippen LogP) is 5.36. The minimum absolute atomic E-state index is 0.0374. The van der Waals surface area contributed by atoms with Gasteiger partial charge in [0.15, 0.2) is 0 Å². The van der Waals surface area contributed by atoms with Crippen molar-refractivity contribution in [2.45, 2.75) is 95.8 Å². The van der Waals surface area contributed by atoms with Crippen molar-refractivity contribution in [3.05, 3.63) is 0 Å². The number of ether oxygens (including phenoxy) is 1. The third-order valence-corrected chi connectivity index (χ3v) is 12.2. The van der Waals surface area contributed by atoms with Crippen LogP contribution in [0.4, 0.5) is 0 Å². The van der Waals surface area contributed by atoms with E-state index in [0.717, 1.165) is 19.1 Å². The van der Waals surface area contributed by atoms with E-state index in [1.165, 1.54) is 32.8 Å². The summed E-state index contributed by atoms with van der Waals surface area (Å²) in [5.41, 5.74) is 0. The summed E-state index contributed by atoms with van der Waals surface area (Å²) in [7, 11) is -0.789. The lowest BCUT2D eigenvalue weighted by molar-refractivity contribution is -0.146. The van der Waals surface area contributed by atoms with Gasteiger partial charge in [0.1, 0.15) is 11.3 Å². The molecule has 0 amide bonds. The quantitative estimate of drug-likeness (QED) is 0.178. The smallest absolute Gasteiger partial charge is 0.316 e. The first-order valence-corrected chi connectivity index (χ1v) is 11.7. The van der Waals surface area contributed by atoms with Gasteiger partial charge in [-0.3, -0.25) is 4.79 Å². The van der Waals surface area contributed by atoms with Gasteiger partial charge in [0, 0.05) is 0 Å². The van der Waals surface area contributed by atoms with Crippen molar-refractivity contribution in [1.29, 1.82) is 0 Å². The van der Waals surface area contributed by atoms with Crippen molar-refractivity contribution in [2.24, 2.45) is 0 Å². The second kappa shape index (κ2) is 8.85. The SMILES string of the molecule is CCCCCCCCC(C=O)(C(=O)OC)[Si](C)(C)C(C)(C)C. The Bertz CT molecular complexity index is 358. The normalized spacial score (nSPS) is 15.2. The Hall–Kier alpha value is -0.643. The molecule has 1 atom stereocenters. The zero-order valence-corrected chi connectivity index (χ0v) is 16.8. The Morgan fingerprint density at radius 3 is 1.95 bits per heavy atom. The van der Waals surface area contributed by atoms with E-state index < -0.39 is 13.1 Å². The summed E-state index contributed by atoms with van der Waals surface area (Å²) < 4.78 is 5.05. The summed E-state index contributed by atoms with van der Waals surface area (Å²) in [4.78, 5) is 24.5. The number of methoxy groups -OCH3 is 1. The van der Waals surface area contributed by atoms with Crippen LogP contribution in [0.1, 0.15) is 72.6 Å². The lowest BCUT2D eigenvalue weighted by Crippen LogP contribution is -2.55. The van der Waals surface area contributed by atoms with Gasteiger partial charge in [-0.15, -0.1) is 0 Å². The molecule has 22 heavy (non-hydrogen) atoms. The van der Waals surface area contributed by atoms with Gasteiger partial charge < -0.3 is 9.53 Å². The topological polar surface area (TPSA) is 43.4 Å². The number of hydrogen-bond donors (Lipinski definition) is 0. The van der Waals surface area contributed by atoms with Crippen LogP contribution in [0, 0.1) is 0 Å². The summed E-state index contributed by atoms with van der Waals surface area (Å²) in [6.45, 7) is 12.9. The van der Waals surface area contributed by atoms with E-state index in [1.54, 1.807) is 0 Å². The first-order valence-electron chi connectivity index (χ1n) is 8.65. The molecular weight excluding hydrogens is 292 g/mol. The van der Waals surface area contributed by atoms with E-state index in [1.807, 2.05) is 0 Å². The van der Waals surface area contributed by atoms with Crippen LogP contribution in [-0.2, 0) is 14.3 Å². The molecule has 0 saturated heterocycles. The maximum absolute atomic E-state index is 12.5. The zero-order chi connectivity index (χ0) is 17.4. The first-order chi connectivity index (χ1) is 10.1. The number of esters is 1. The van der Waals surface area contributed by atoms with Gasteiger partial charge in [-0.2, -0.15) is 0 Å². The third kappa shape index (κ3) is 4.67. The lowest BCUT2D eigenvalue weighted by atomic mass is 10.00. The molecule has 0 rings (SSSR count). The van der Waals surface area contributed by atoms with Crippen molar-refractivity contribution in [2.75, 3.05) is 7.11 Å². The van der Waals surface area contributed by atoms with Crippen LogP contribution in [0.3, 0.4) is 0 Å². The van der Waals surface area contributed by atoms with Gasteiger partial charge in [0.25, 0.3) is 0 Å². The molecule has 130 valence electrons. The molecule has 0 aromatic carbocycles. The summed E-state index contributed by atoms with van der Waals surface area (Å²) in [5, 5.41) is -0.963. The molecule has 0 saturated carbocycles. The van der Waals surface area contributed by atoms with E-state index in [9.17, 15) is 9.59 Å². The van der Waals surface area contributed by atoms with Crippen LogP contribution in [0.2, 0.25) is 23.2 Å². The van der Waals surface area contributed by atoms with Crippen LogP contribution in [0.15, 0.2) is 0 Å². The van der Waals surface area contributed by atoms with E-state index >= 15 is 0 Å². The monoisotopic (exact) mass is 328 g/mol. The average molecular weight is 329 g/mol. The number of unbranched alkanes of at least 4 members (excludes halogenated alkanes) is 5. The van der Waals surface area contributed by atoms with E-state index in [0.29, 0.717) is 6.42 Å². The molecule has 0 aliphatic carbocycles. The summed E-state index contributed by atoms with van der Waals surface area (Å²) in [6, 6.07) is 0. The van der Waals surface area contributed by atoms with Crippen LogP contribution < -0.4 is 0 Å². The largest absolute Gasteiger partial charge is 0.468 e. The summed E-state index contributed by atoms with van der Waals surface area (Å²) in [5.74, 6) is -0.331. The molecule has 0 N–H and O–H groups in total. The zero-order valence-electron chi connectivity index (χ0n) is 15.8. The fourth-order valence-corrected chi connectivity index (χ4v) is 6.01. The number of rotatable bonds is 10. The number of carbonyl (C=O) groups is 2. The second-order valence-corrected chi connectivity index (χ2v) is 13.6. The van der Waals surface area contributed by atoms with E-state index in [4.69, 9.17) is 4.74 Å². The Morgan fingerprint density at radius 1 is 1.05 bits per heavy atom. The molecular formula is C18H36O3Si. The van der Waals surface area contributed by atoms with Crippen molar-refractivity contribution < 1.29 is 14.3 Å². The van der Waals surface area contributed by atoms with Gasteiger partial charge in [-0.25, -0.2) is 0 Å². The Kier molecular flexibility index (Phi) is 8.59. The van der Waals surface area contributed by atoms with Crippen LogP contribution in [0.5, 0.6) is 0 Å². The van der Waals surface area contributed by atoms with Crippen molar-refractivity contribution in [3.63, 3.8) is 0 Å². The fourth-order valence-electron chi connectivity index (χ4n) is 2.96. The van der Waals surface area contributed by atoms with Gasteiger partial charge >= 0.3 is 5.97 Å². The molecule has 0 aromatic rings. The molecule has 0 radical (unpaired) electrons. The minimum Gasteiger partial charge on any atom is -0.468 e. The lowest BCUT2D eigenvalue weighted by Gasteiger charge is -2.47. The van der Waals surface area contributed by atoms with Crippen molar-refractivity contribution in [3.8, 4) is 0 Å². The number of carbonyl (C=O) groups excluding carboxylic acids is 2. The molecule has 4 heteroatoms. The van der Waals surface area contributed by atoms with Crippen LogP contribution >= 0.6 is 0 Å². The van der Waals surface area contributed by atoms with Crippen molar-refractivity contribution in [1.82, 2.24) is 0 Å². The highest BCUT2D eigenvalue weighted by molar-refractivity contribution is 6.88. The molecule has 0 fully saturated rings. The maximum atomic E-state index is 12.5. The highest BCUT2D eigenvalue weighted by atomic mass is 28.3. The predicted molar refractivity (Wildman–Crippen MR) is 96.0 cm³/mol. The summed E-state index contributed by atoms with van der Waals surface area (Å²) in [6.07, 6.45) is 8.45. The first kappa shape index (κ1) is 21.4. The Balaban J connectivity index is 5.13. The molecule has 0 aliphatic rings. The van der Waals surface area contributed by atoms with Crippen LogP contribution in [-0.4, -0.2) is 27.4 Å². The fraction of sp³-hybridized carbons (Fsp3) is 0.889. The van der Waals surface area contributed by atoms with Crippen molar-refractivity contribution >= 4 is 20.3 Å². The Labute approximate surface area is 138 Å². The maximum Gasteiger partial charge on any atom is 0.316 e. The van der Waals surface area contributed by atoms with Gasteiger partial charge in [-0.1, -0.05) is 79.3 Å². The molecule has 0 bridgehead atoms. The molecule has 0 aromatic heterocycles. The highest BCUT2D eigenvalue weighted by Gasteiger charge is 2.58.